The normalized spacial score (nSPS) is 17.6. The molecule has 128 valence electrons. The van der Waals surface area contributed by atoms with Crippen molar-refractivity contribution in [1.82, 2.24) is 20.0 Å². The van der Waals surface area contributed by atoms with E-state index in [2.05, 4.69) is 34.4 Å². The van der Waals surface area contributed by atoms with E-state index in [1.807, 2.05) is 19.2 Å². The second-order valence-corrected chi connectivity index (χ2v) is 6.85. The quantitative estimate of drug-likeness (QED) is 0.925. The van der Waals surface area contributed by atoms with Gasteiger partial charge in [-0.2, -0.15) is 5.10 Å². The number of piperidine rings is 1. The summed E-state index contributed by atoms with van der Waals surface area (Å²) < 4.78 is 1.64. The fourth-order valence-electron chi connectivity index (χ4n) is 3.19. The summed E-state index contributed by atoms with van der Waals surface area (Å²) in [5.41, 5.74) is 1.90. The van der Waals surface area contributed by atoms with E-state index in [1.165, 1.54) is 5.56 Å². The third-order valence-electron chi connectivity index (χ3n) is 4.73. The first-order chi connectivity index (χ1) is 11.5. The van der Waals surface area contributed by atoms with Crippen LogP contribution in [0.4, 0.5) is 0 Å². The molecule has 2 aromatic rings. The zero-order valence-corrected chi connectivity index (χ0v) is 14.8. The average Bonchev–Trinajstić information content (AvgIpc) is 3.02. The van der Waals surface area contributed by atoms with Crippen molar-refractivity contribution in [3.05, 3.63) is 52.8 Å². The Morgan fingerprint density at radius 1 is 1.29 bits per heavy atom. The van der Waals surface area contributed by atoms with Gasteiger partial charge in [0, 0.05) is 43.4 Å². The first-order valence-corrected chi connectivity index (χ1v) is 8.70. The van der Waals surface area contributed by atoms with Gasteiger partial charge in [0.25, 0.3) is 5.91 Å². The van der Waals surface area contributed by atoms with Gasteiger partial charge in [-0.05, 0) is 37.5 Å². The number of nitrogens with one attached hydrogen (secondary N) is 1. The molecular formula is C18H23ClN4O. The van der Waals surface area contributed by atoms with Crippen LogP contribution in [0.15, 0.2) is 36.7 Å². The maximum atomic E-state index is 12.2. The van der Waals surface area contributed by atoms with Crippen LogP contribution in [-0.2, 0) is 7.05 Å². The van der Waals surface area contributed by atoms with Crippen molar-refractivity contribution in [2.45, 2.75) is 31.8 Å². The number of aromatic nitrogens is 2. The monoisotopic (exact) mass is 346 g/mol. The number of carbonyl (C=O) groups is 1. The lowest BCUT2D eigenvalue weighted by molar-refractivity contribution is 0.0896. The van der Waals surface area contributed by atoms with Crippen molar-refractivity contribution in [3.8, 4) is 0 Å². The van der Waals surface area contributed by atoms with Gasteiger partial charge < -0.3 is 5.32 Å². The third-order valence-corrected chi connectivity index (χ3v) is 4.98. The molecule has 0 saturated carbocycles. The SMILES string of the molecule is CC(c1ccc(Cl)cc1)N1CCC(NC(=O)c2cnn(C)c2)CC1. The molecule has 0 bridgehead atoms. The van der Waals surface area contributed by atoms with Gasteiger partial charge in [0.1, 0.15) is 0 Å². The number of halogens is 1. The van der Waals surface area contributed by atoms with Crippen molar-refractivity contribution < 1.29 is 4.79 Å². The first-order valence-electron chi connectivity index (χ1n) is 8.32. The van der Waals surface area contributed by atoms with Crippen LogP contribution in [0.5, 0.6) is 0 Å². The molecule has 1 fully saturated rings. The van der Waals surface area contributed by atoms with Crippen LogP contribution in [-0.4, -0.2) is 39.7 Å². The summed E-state index contributed by atoms with van der Waals surface area (Å²) in [4.78, 5) is 14.7. The second kappa shape index (κ2) is 7.36. The molecule has 1 amide bonds. The maximum absolute atomic E-state index is 12.2. The van der Waals surface area contributed by atoms with Gasteiger partial charge in [0.05, 0.1) is 11.8 Å². The highest BCUT2D eigenvalue weighted by atomic mass is 35.5. The number of amides is 1. The molecular weight excluding hydrogens is 324 g/mol. The van der Waals surface area contributed by atoms with Crippen LogP contribution >= 0.6 is 11.6 Å². The molecule has 1 aromatic heterocycles. The summed E-state index contributed by atoms with van der Waals surface area (Å²) in [5.74, 6) is -0.0349. The molecule has 1 saturated heterocycles. The second-order valence-electron chi connectivity index (χ2n) is 6.41. The number of aryl methyl sites for hydroxylation is 1. The number of nitrogens with zero attached hydrogens (tertiary/aromatic N) is 3. The molecule has 3 rings (SSSR count). The van der Waals surface area contributed by atoms with Crippen LogP contribution in [0.25, 0.3) is 0 Å². The van der Waals surface area contributed by atoms with Crippen molar-refractivity contribution in [2.24, 2.45) is 7.05 Å². The Morgan fingerprint density at radius 3 is 2.54 bits per heavy atom. The predicted molar refractivity (Wildman–Crippen MR) is 95.1 cm³/mol. The summed E-state index contributed by atoms with van der Waals surface area (Å²) >= 11 is 5.96. The number of rotatable bonds is 4. The van der Waals surface area contributed by atoms with Crippen LogP contribution in [0.3, 0.4) is 0 Å². The Bertz CT molecular complexity index is 689. The molecule has 6 heteroatoms. The topological polar surface area (TPSA) is 50.2 Å². The van der Waals surface area contributed by atoms with Gasteiger partial charge in [0.2, 0.25) is 0 Å². The lowest BCUT2D eigenvalue weighted by atomic mass is 10.00. The van der Waals surface area contributed by atoms with Gasteiger partial charge in [-0.3, -0.25) is 14.4 Å². The molecule has 1 aliphatic heterocycles. The predicted octanol–water partition coefficient (Wildman–Crippen LogP) is 3.03. The highest BCUT2D eigenvalue weighted by Crippen LogP contribution is 2.25. The van der Waals surface area contributed by atoms with E-state index in [0.29, 0.717) is 11.6 Å². The lowest BCUT2D eigenvalue weighted by Gasteiger charge is -2.36. The summed E-state index contributed by atoms with van der Waals surface area (Å²) in [6.07, 6.45) is 5.27. The zero-order chi connectivity index (χ0) is 17.1. The number of carbonyl (C=O) groups excluding carboxylic acids is 1. The minimum atomic E-state index is -0.0349. The molecule has 1 N–H and O–H groups in total. The summed E-state index contributed by atoms with van der Waals surface area (Å²) in [7, 11) is 1.81. The van der Waals surface area contributed by atoms with Gasteiger partial charge in [-0.25, -0.2) is 0 Å². The zero-order valence-electron chi connectivity index (χ0n) is 14.1. The van der Waals surface area contributed by atoms with E-state index in [-0.39, 0.29) is 11.9 Å². The van der Waals surface area contributed by atoms with E-state index in [1.54, 1.807) is 17.1 Å². The minimum Gasteiger partial charge on any atom is -0.349 e. The Kier molecular flexibility index (Phi) is 5.21. The van der Waals surface area contributed by atoms with Gasteiger partial charge in [-0.1, -0.05) is 23.7 Å². The summed E-state index contributed by atoms with van der Waals surface area (Å²) in [6, 6.07) is 8.64. The van der Waals surface area contributed by atoms with Crippen LogP contribution in [0.1, 0.15) is 41.7 Å². The Labute approximate surface area is 147 Å². The molecule has 2 heterocycles. The van der Waals surface area contributed by atoms with Crippen molar-refractivity contribution >= 4 is 17.5 Å². The summed E-state index contributed by atoms with van der Waals surface area (Å²) in [6.45, 7) is 4.17. The Balaban J connectivity index is 1.52. The van der Waals surface area contributed by atoms with Gasteiger partial charge in [-0.15, -0.1) is 0 Å². The van der Waals surface area contributed by atoms with Crippen LogP contribution in [0, 0.1) is 0 Å². The van der Waals surface area contributed by atoms with Crippen molar-refractivity contribution in [3.63, 3.8) is 0 Å². The van der Waals surface area contributed by atoms with Gasteiger partial charge >= 0.3 is 0 Å². The fourth-order valence-corrected chi connectivity index (χ4v) is 3.32. The van der Waals surface area contributed by atoms with Crippen molar-refractivity contribution in [2.75, 3.05) is 13.1 Å². The molecule has 24 heavy (non-hydrogen) atoms. The van der Waals surface area contributed by atoms with E-state index >= 15 is 0 Å². The van der Waals surface area contributed by atoms with Crippen LogP contribution in [0.2, 0.25) is 5.02 Å². The van der Waals surface area contributed by atoms with E-state index in [0.717, 1.165) is 31.0 Å². The highest BCUT2D eigenvalue weighted by Gasteiger charge is 2.25. The van der Waals surface area contributed by atoms with E-state index < -0.39 is 0 Å². The standard InChI is InChI=1S/C18H23ClN4O/c1-13(14-3-5-16(19)6-4-14)23-9-7-17(8-10-23)21-18(24)15-11-20-22(2)12-15/h3-6,11-13,17H,7-10H2,1-2H3,(H,21,24). The maximum Gasteiger partial charge on any atom is 0.254 e. The molecule has 1 aromatic carbocycles. The molecule has 0 aliphatic carbocycles. The number of hydrogen-bond acceptors (Lipinski definition) is 3. The first kappa shape index (κ1) is 17.0. The molecule has 1 unspecified atom stereocenters. The molecule has 0 radical (unpaired) electrons. The number of hydrogen-bond donors (Lipinski definition) is 1. The molecule has 5 nitrogen and oxygen atoms in total. The number of benzene rings is 1. The van der Waals surface area contributed by atoms with Crippen LogP contribution < -0.4 is 5.32 Å². The summed E-state index contributed by atoms with van der Waals surface area (Å²) in [5, 5.41) is 7.93. The molecule has 0 spiro atoms. The van der Waals surface area contributed by atoms with Gasteiger partial charge in [0.15, 0.2) is 0 Å². The highest BCUT2D eigenvalue weighted by molar-refractivity contribution is 6.30. The largest absolute Gasteiger partial charge is 0.349 e. The lowest BCUT2D eigenvalue weighted by Crippen LogP contribution is -2.45. The smallest absolute Gasteiger partial charge is 0.254 e. The molecule has 1 atom stereocenters. The molecule has 1 aliphatic rings. The van der Waals surface area contributed by atoms with E-state index in [9.17, 15) is 4.79 Å². The average molecular weight is 347 g/mol. The minimum absolute atomic E-state index is 0.0349. The van der Waals surface area contributed by atoms with E-state index in [4.69, 9.17) is 11.6 Å². The third kappa shape index (κ3) is 3.97. The van der Waals surface area contributed by atoms with Crippen molar-refractivity contribution in [1.29, 1.82) is 0 Å². The number of likely N-dealkylation sites (tertiary alicyclic amines) is 1. The Hall–Kier alpha value is -1.85. The fraction of sp³-hybridized carbons (Fsp3) is 0.444. The Morgan fingerprint density at radius 2 is 1.96 bits per heavy atom.